The number of benzene rings is 3. The molecule has 0 spiro atoms. The third kappa shape index (κ3) is 3.87. The molecule has 0 N–H and O–H groups in total. The monoisotopic (exact) mass is 319 g/mol. The number of nitrogens with zero attached hydrogens (tertiary/aromatic N) is 1. The minimum atomic E-state index is -0.383. The van der Waals surface area contributed by atoms with E-state index in [4.69, 9.17) is 0 Å². The van der Waals surface area contributed by atoms with E-state index in [1.54, 1.807) is 12.1 Å². The third-order valence-electron chi connectivity index (χ3n) is 3.88. The van der Waals surface area contributed by atoms with E-state index in [0.29, 0.717) is 30.6 Å². The number of aldehydes is 1. The van der Waals surface area contributed by atoms with Gasteiger partial charge in [-0.25, -0.2) is 4.39 Å². The molecule has 0 aliphatic carbocycles. The molecule has 0 aromatic heterocycles. The van der Waals surface area contributed by atoms with E-state index in [-0.39, 0.29) is 5.82 Å². The molecule has 0 heterocycles. The van der Waals surface area contributed by atoms with Crippen molar-refractivity contribution in [1.29, 1.82) is 0 Å². The van der Waals surface area contributed by atoms with Gasteiger partial charge in [0.05, 0.1) is 5.69 Å². The number of rotatable bonds is 6. The molecule has 0 aliphatic rings. The van der Waals surface area contributed by atoms with Gasteiger partial charge in [-0.15, -0.1) is 0 Å². The van der Waals surface area contributed by atoms with Crippen LogP contribution in [0.4, 0.5) is 10.1 Å². The van der Waals surface area contributed by atoms with Gasteiger partial charge in [0.1, 0.15) is 12.1 Å². The zero-order valence-electron chi connectivity index (χ0n) is 13.2. The lowest BCUT2D eigenvalue weighted by Crippen LogP contribution is -2.23. The fourth-order valence-corrected chi connectivity index (χ4v) is 2.69. The Bertz CT molecular complexity index is 761. The first-order valence-corrected chi connectivity index (χ1v) is 7.84. The number of anilines is 1. The number of hydrogen-bond acceptors (Lipinski definition) is 2. The van der Waals surface area contributed by atoms with Crippen LogP contribution in [0.3, 0.4) is 0 Å². The fourth-order valence-electron chi connectivity index (χ4n) is 2.69. The Morgan fingerprint density at radius 3 is 1.79 bits per heavy atom. The Kier molecular flexibility index (Phi) is 5.02. The Hall–Kier alpha value is -2.94. The average Bonchev–Trinajstić information content (AvgIpc) is 2.63. The van der Waals surface area contributed by atoms with E-state index in [2.05, 4.69) is 0 Å². The molecule has 3 aromatic rings. The van der Waals surface area contributed by atoms with Gasteiger partial charge >= 0.3 is 0 Å². The molecule has 0 saturated carbocycles. The fraction of sp³-hybridized carbons (Fsp3) is 0.0952. The second-order valence-electron chi connectivity index (χ2n) is 5.66. The molecule has 0 unspecified atom stereocenters. The highest BCUT2D eigenvalue weighted by Crippen LogP contribution is 2.24. The first kappa shape index (κ1) is 15.9. The van der Waals surface area contributed by atoms with E-state index in [0.717, 1.165) is 11.1 Å². The minimum Gasteiger partial charge on any atom is -0.361 e. The van der Waals surface area contributed by atoms with Crippen LogP contribution in [0, 0.1) is 5.82 Å². The lowest BCUT2D eigenvalue weighted by molar-refractivity contribution is 0.112. The number of carbonyl (C=O) groups excluding carboxylic acids is 1. The van der Waals surface area contributed by atoms with E-state index < -0.39 is 0 Å². The van der Waals surface area contributed by atoms with Gasteiger partial charge in [-0.1, -0.05) is 60.7 Å². The van der Waals surface area contributed by atoms with Gasteiger partial charge in [-0.3, -0.25) is 4.79 Å². The molecule has 120 valence electrons. The molecule has 0 radical (unpaired) electrons. The van der Waals surface area contributed by atoms with Crippen LogP contribution in [-0.4, -0.2) is 6.29 Å². The zero-order chi connectivity index (χ0) is 16.8. The van der Waals surface area contributed by atoms with Crippen molar-refractivity contribution in [3.8, 4) is 0 Å². The SMILES string of the molecule is O=Cc1ccc(N(Cc2ccccc2)Cc2ccccc2)c(F)c1. The number of hydrogen-bond donors (Lipinski definition) is 0. The number of halogens is 1. The first-order valence-electron chi connectivity index (χ1n) is 7.84. The smallest absolute Gasteiger partial charge is 0.150 e. The van der Waals surface area contributed by atoms with Crippen LogP contribution in [0.15, 0.2) is 78.9 Å². The van der Waals surface area contributed by atoms with Crippen molar-refractivity contribution in [2.24, 2.45) is 0 Å². The predicted molar refractivity (Wildman–Crippen MR) is 94.6 cm³/mol. The van der Waals surface area contributed by atoms with Crippen LogP contribution >= 0.6 is 0 Å². The summed E-state index contributed by atoms with van der Waals surface area (Å²) in [4.78, 5) is 12.8. The summed E-state index contributed by atoms with van der Waals surface area (Å²) < 4.78 is 14.5. The van der Waals surface area contributed by atoms with E-state index in [1.165, 1.54) is 6.07 Å². The zero-order valence-corrected chi connectivity index (χ0v) is 13.2. The van der Waals surface area contributed by atoms with Crippen LogP contribution < -0.4 is 4.90 Å². The number of carbonyl (C=O) groups is 1. The molecular weight excluding hydrogens is 301 g/mol. The molecule has 0 aliphatic heterocycles. The Balaban J connectivity index is 1.93. The van der Waals surface area contributed by atoms with Crippen molar-refractivity contribution in [2.75, 3.05) is 4.90 Å². The summed E-state index contributed by atoms with van der Waals surface area (Å²) in [6.45, 7) is 1.18. The topological polar surface area (TPSA) is 20.3 Å². The Morgan fingerprint density at radius 1 is 0.792 bits per heavy atom. The lowest BCUT2D eigenvalue weighted by Gasteiger charge is -2.26. The normalized spacial score (nSPS) is 10.4. The third-order valence-corrected chi connectivity index (χ3v) is 3.88. The summed E-state index contributed by atoms with van der Waals surface area (Å²) in [6, 6.07) is 24.5. The molecular formula is C21H18FNO. The maximum atomic E-state index is 14.5. The molecule has 0 saturated heterocycles. The summed E-state index contributed by atoms with van der Waals surface area (Å²) in [5.74, 6) is -0.383. The molecule has 0 atom stereocenters. The van der Waals surface area contributed by atoms with Crippen molar-refractivity contribution in [1.82, 2.24) is 0 Å². The standard InChI is InChI=1S/C21H18FNO/c22-20-13-19(16-24)11-12-21(20)23(14-17-7-3-1-4-8-17)15-18-9-5-2-6-10-18/h1-13,16H,14-15H2. The average molecular weight is 319 g/mol. The quantitative estimate of drug-likeness (QED) is 0.606. The maximum Gasteiger partial charge on any atom is 0.150 e. The van der Waals surface area contributed by atoms with Crippen molar-refractivity contribution in [2.45, 2.75) is 13.1 Å². The van der Waals surface area contributed by atoms with Crippen LogP contribution in [0.25, 0.3) is 0 Å². The van der Waals surface area contributed by atoms with Gasteiger partial charge < -0.3 is 4.90 Å². The molecule has 2 nitrogen and oxygen atoms in total. The van der Waals surface area contributed by atoms with Crippen molar-refractivity contribution in [3.63, 3.8) is 0 Å². The molecule has 3 heteroatoms. The van der Waals surface area contributed by atoms with Crippen molar-refractivity contribution in [3.05, 3.63) is 101 Å². The molecule has 3 aromatic carbocycles. The first-order chi connectivity index (χ1) is 11.8. The van der Waals surface area contributed by atoms with Crippen molar-refractivity contribution >= 4 is 12.0 Å². The highest BCUT2D eigenvalue weighted by Gasteiger charge is 2.13. The highest BCUT2D eigenvalue weighted by atomic mass is 19.1. The summed E-state index contributed by atoms with van der Waals surface area (Å²) in [5, 5.41) is 0. The van der Waals surface area contributed by atoms with Crippen LogP contribution in [0.5, 0.6) is 0 Å². The second-order valence-corrected chi connectivity index (χ2v) is 5.66. The largest absolute Gasteiger partial charge is 0.361 e. The Labute approximate surface area is 141 Å². The van der Waals surface area contributed by atoms with Gasteiger partial charge in [-0.2, -0.15) is 0 Å². The van der Waals surface area contributed by atoms with E-state index in [9.17, 15) is 9.18 Å². The summed E-state index contributed by atoms with van der Waals surface area (Å²) in [5.41, 5.74) is 3.04. The predicted octanol–water partition coefficient (Wildman–Crippen LogP) is 4.85. The van der Waals surface area contributed by atoms with Crippen LogP contribution in [-0.2, 0) is 13.1 Å². The lowest BCUT2D eigenvalue weighted by atomic mass is 10.1. The van der Waals surface area contributed by atoms with Crippen LogP contribution in [0.2, 0.25) is 0 Å². The van der Waals surface area contributed by atoms with Gasteiger partial charge in [0, 0.05) is 18.7 Å². The van der Waals surface area contributed by atoms with Gasteiger partial charge in [-0.05, 0) is 29.3 Å². The summed E-state index contributed by atoms with van der Waals surface area (Å²) >= 11 is 0. The second kappa shape index (κ2) is 7.55. The molecule has 0 fully saturated rings. The Morgan fingerprint density at radius 2 is 1.33 bits per heavy atom. The molecule has 0 amide bonds. The van der Waals surface area contributed by atoms with Gasteiger partial charge in [0.15, 0.2) is 0 Å². The molecule has 3 rings (SSSR count). The molecule has 0 bridgehead atoms. The molecule has 24 heavy (non-hydrogen) atoms. The highest BCUT2D eigenvalue weighted by molar-refractivity contribution is 5.76. The van der Waals surface area contributed by atoms with Gasteiger partial charge in [0.25, 0.3) is 0 Å². The minimum absolute atomic E-state index is 0.343. The summed E-state index contributed by atoms with van der Waals surface area (Å²) in [7, 11) is 0. The van der Waals surface area contributed by atoms with E-state index in [1.807, 2.05) is 65.6 Å². The summed E-state index contributed by atoms with van der Waals surface area (Å²) in [6.07, 6.45) is 0.658. The van der Waals surface area contributed by atoms with Gasteiger partial charge in [0.2, 0.25) is 0 Å². The van der Waals surface area contributed by atoms with Crippen molar-refractivity contribution < 1.29 is 9.18 Å². The van der Waals surface area contributed by atoms with Crippen LogP contribution in [0.1, 0.15) is 21.5 Å². The van der Waals surface area contributed by atoms with E-state index >= 15 is 0 Å². The maximum absolute atomic E-state index is 14.5.